The summed E-state index contributed by atoms with van der Waals surface area (Å²) in [5.41, 5.74) is -1.61. The Hall–Kier alpha value is -2.06. The number of piperidine rings is 1. The number of nitrogens with zero attached hydrogens (tertiary/aromatic N) is 3. The first-order chi connectivity index (χ1) is 10.3. The van der Waals surface area contributed by atoms with Crippen LogP contribution in [0.3, 0.4) is 0 Å². The Kier molecular flexibility index (Phi) is 4.43. The van der Waals surface area contributed by atoms with Crippen molar-refractivity contribution in [2.75, 3.05) is 13.1 Å². The van der Waals surface area contributed by atoms with Crippen molar-refractivity contribution in [1.29, 1.82) is 0 Å². The number of aryl methyl sites for hydroxylation is 1. The molecule has 1 fully saturated rings. The summed E-state index contributed by atoms with van der Waals surface area (Å²) in [6, 6.07) is 0. The molecule has 1 aromatic rings. The average molecular weight is 319 g/mol. The summed E-state index contributed by atoms with van der Waals surface area (Å²) in [6.45, 7) is 1.65. The number of amides is 1. The van der Waals surface area contributed by atoms with Gasteiger partial charge in [0.1, 0.15) is 0 Å². The first-order valence-electron chi connectivity index (χ1n) is 6.90. The molecule has 22 heavy (non-hydrogen) atoms. The molecule has 0 radical (unpaired) electrons. The fourth-order valence-corrected chi connectivity index (χ4v) is 2.61. The van der Waals surface area contributed by atoms with Gasteiger partial charge in [0.15, 0.2) is 5.69 Å². The summed E-state index contributed by atoms with van der Waals surface area (Å²) in [5.74, 6) is -2.61. The number of alkyl halides is 3. The molecule has 0 aromatic carbocycles. The standard InChI is InChI=1S/C13H16F3N3O3/c1-2-19-10(13(14,15)16)9(6-17-19)11(20)18-5-3-4-8(7-18)12(21)22/h6,8H,2-5,7H2,1H3,(H,21,22)/t8-/m0/s1. The third-order valence-corrected chi connectivity index (χ3v) is 3.70. The number of halogens is 3. The van der Waals surface area contributed by atoms with E-state index >= 15 is 0 Å². The lowest BCUT2D eigenvalue weighted by atomic mass is 9.97. The maximum Gasteiger partial charge on any atom is 0.433 e. The van der Waals surface area contributed by atoms with E-state index in [1.54, 1.807) is 0 Å². The van der Waals surface area contributed by atoms with Gasteiger partial charge in [-0.25, -0.2) is 0 Å². The van der Waals surface area contributed by atoms with Gasteiger partial charge in [-0.05, 0) is 19.8 Å². The molecule has 0 saturated carbocycles. The van der Waals surface area contributed by atoms with Crippen LogP contribution in [-0.2, 0) is 17.5 Å². The van der Waals surface area contributed by atoms with Gasteiger partial charge in [-0.15, -0.1) is 0 Å². The van der Waals surface area contributed by atoms with Crippen LogP contribution >= 0.6 is 0 Å². The van der Waals surface area contributed by atoms with Crippen LogP contribution < -0.4 is 0 Å². The van der Waals surface area contributed by atoms with Gasteiger partial charge in [-0.3, -0.25) is 14.3 Å². The topological polar surface area (TPSA) is 75.4 Å². The highest BCUT2D eigenvalue weighted by atomic mass is 19.4. The molecule has 1 N–H and O–H groups in total. The zero-order chi connectivity index (χ0) is 16.5. The van der Waals surface area contributed by atoms with E-state index in [2.05, 4.69) is 5.10 Å². The van der Waals surface area contributed by atoms with Crippen molar-refractivity contribution in [3.63, 3.8) is 0 Å². The van der Waals surface area contributed by atoms with Gasteiger partial charge in [-0.2, -0.15) is 18.3 Å². The van der Waals surface area contributed by atoms with E-state index in [9.17, 15) is 22.8 Å². The molecular formula is C13H16F3N3O3. The van der Waals surface area contributed by atoms with Crippen molar-refractivity contribution in [3.05, 3.63) is 17.5 Å². The molecule has 2 heterocycles. The molecule has 0 spiro atoms. The molecule has 2 rings (SSSR count). The minimum Gasteiger partial charge on any atom is -0.481 e. The number of carbonyl (C=O) groups excluding carboxylic acids is 1. The van der Waals surface area contributed by atoms with E-state index in [4.69, 9.17) is 5.11 Å². The second-order valence-corrected chi connectivity index (χ2v) is 5.15. The quantitative estimate of drug-likeness (QED) is 0.923. The maximum absolute atomic E-state index is 13.1. The van der Waals surface area contributed by atoms with Crippen LogP contribution in [0.2, 0.25) is 0 Å². The molecule has 1 aliphatic rings. The Balaban J connectivity index is 2.30. The summed E-state index contributed by atoms with van der Waals surface area (Å²) in [7, 11) is 0. The van der Waals surface area contributed by atoms with Gasteiger partial charge in [0, 0.05) is 19.6 Å². The zero-order valence-electron chi connectivity index (χ0n) is 11.9. The summed E-state index contributed by atoms with van der Waals surface area (Å²) < 4.78 is 40.1. The number of carboxylic acid groups (broad SMARTS) is 1. The number of aliphatic carboxylic acids is 1. The van der Waals surface area contributed by atoms with Gasteiger partial charge in [0.25, 0.3) is 5.91 Å². The lowest BCUT2D eigenvalue weighted by Crippen LogP contribution is -2.42. The molecule has 1 amide bonds. The fourth-order valence-electron chi connectivity index (χ4n) is 2.61. The largest absolute Gasteiger partial charge is 0.481 e. The van der Waals surface area contributed by atoms with E-state index in [0.717, 1.165) is 15.8 Å². The predicted octanol–water partition coefficient (Wildman–Crippen LogP) is 1.86. The van der Waals surface area contributed by atoms with Crippen LogP contribution in [0.1, 0.15) is 35.8 Å². The fraction of sp³-hybridized carbons (Fsp3) is 0.615. The highest BCUT2D eigenvalue weighted by molar-refractivity contribution is 5.95. The van der Waals surface area contributed by atoms with Gasteiger partial charge in [0.2, 0.25) is 0 Å². The van der Waals surface area contributed by atoms with Crippen molar-refractivity contribution < 1.29 is 27.9 Å². The van der Waals surface area contributed by atoms with E-state index < -0.39 is 35.2 Å². The summed E-state index contributed by atoms with van der Waals surface area (Å²) in [5, 5.41) is 12.6. The zero-order valence-corrected chi connectivity index (χ0v) is 11.9. The lowest BCUT2D eigenvalue weighted by Gasteiger charge is -2.30. The van der Waals surface area contributed by atoms with E-state index in [1.807, 2.05) is 0 Å². The Morgan fingerprint density at radius 1 is 1.45 bits per heavy atom. The summed E-state index contributed by atoms with van der Waals surface area (Å²) in [4.78, 5) is 24.5. The molecule has 0 bridgehead atoms. The monoisotopic (exact) mass is 319 g/mol. The van der Waals surface area contributed by atoms with Crippen molar-refractivity contribution in [1.82, 2.24) is 14.7 Å². The molecule has 1 saturated heterocycles. The SMILES string of the molecule is CCn1ncc(C(=O)N2CCC[C@H](C(=O)O)C2)c1C(F)(F)F. The third-order valence-electron chi connectivity index (χ3n) is 3.70. The molecule has 1 aliphatic heterocycles. The number of likely N-dealkylation sites (tertiary alicyclic amines) is 1. The number of carbonyl (C=O) groups is 2. The lowest BCUT2D eigenvalue weighted by molar-refractivity contribution is -0.145. The molecule has 1 aromatic heterocycles. The first kappa shape index (κ1) is 16.3. The molecule has 1 atom stereocenters. The van der Waals surface area contributed by atoms with Gasteiger partial charge in [-0.1, -0.05) is 0 Å². The van der Waals surface area contributed by atoms with E-state index in [1.165, 1.54) is 6.92 Å². The second kappa shape index (κ2) is 5.98. The van der Waals surface area contributed by atoms with Crippen LogP contribution in [0.15, 0.2) is 6.20 Å². The van der Waals surface area contributed by atoms with Crippen molar-refractivity contribution in [3.8, 4) is 0 Å². The highest BCUT2D eigenvalue weighted by Crippen LogP contribution is 2.33. The normalized spacial score (nSPS) is 19.3. The number of carboxylic acids is 1. The summed E-state index contributed by atoms with van der Waals surface area (Å²) in [6.07, 6.45) is -2.93. The Labute approximate surface area is 124 Å². The number of hydrogen-bond donors (Lipinski definition) is 1. The van der Waals surface area contributed by atoms with Crippen molar-refractivity contribution >= 4 is 11.9 Å². The molecule has 0 aliphatic carbocycles. The molecule has 9 heteroatoms. The van der Waals surface area contributed by atoms with Gasteiger partial charge >= 0.3 is 12.1 Å². The number of hydrogen-bond acceptors (Lipinski definition) is 3. The molecular weight excluding hydrogens is 303 g/mol. The predicted molar refractivity (Wildman–Crippen MR) is 69.2 cm³/mol. The number of rotatable bonds is 3. The van der Waals surface area contributed by atoms with Crippen molar-refractivity contribution in [2.45, 2.75) is 32.5 Å². The third kappa shape index (κ3) is 3.07. The minimum atomic E-state index is -4.69. The number of aromatic nitrogens is 2. The van der Waals surface area contributed by atoms with Crippen LogP contribution in [0, 0.1) is 5.92 Å². The Morgan fingerprint density at radius 2 is 2.14 bits per heavy atom. The first-order valence-corrected chi connectivity index (χ1v) is 6.90. The minimum absolute atomic E-state index is 0.0140. The molecule has 122 valence electrons. The molecule has 0 unspecified atom stereocenters. The van der Waals surface area contributed by atoms with Crippen LogP contribution in [-0.4, -0.2) is 44.8 Å². The second-order valence-electron chi connectivity index (χ2n) is 5.15. The maximum atomic E-state index is 13.1. The van der Waals surface area contributed by atoms with E-state index in [0.29, 0.717) is 12.8 Å². The van der Waals surface area contributed by atoms with Crippen molar-refractivity contribution in [2.24, 2.45) is 5.92 Å². The molecule has 6 nitrogen and oxygen atoms in total. The Morgan fingerprint density at radius 3 is 2.68 bits per heavy atom. The summed E-state index contributed by atoms with van der Waals surface area (Å²) >= 11 is 0. The van der Waals surface area contributed by atoms with E-state index in [-0.39, 0.29) is 19.6 Å². The van der Waals surface area contributed by atoms with Crippen LogP contribution in [0.25, 0.3) is 0 Å². The van der Waals surface area contributed by atoms with Crippen LogP contribution in [0.4, 0.5) is 13.2 Å². The van der Waals surface area contributed by atoms with Gasteiger partial charge in [0.05, 0.1) is 17.7 Å². The van der Waals surface area contributed by atoms with Crippen LogP contribution in [0.5, 0.6) is 0 Å². The highest BCUT2D eigenvalue weighted by Gasteiger charge is 2.41. The van der Waals surface area contributed by atoms with Gasteiger partial charge < -0.3 is 10.0 Å². The smallest absolute Gasteiger partial charge is 0.433 e. The average Bonchev–Trinajstić information content (AvgIpc) is 2.90. The Bertz CT molecular complexity index is 583.